The first-order chi connectivity index (χ1) is 8.13. The molecule has 1 aliphatic carbocycles. The molecule has 0 spiro atoms. The van der Waals surface area contributed by atoms with Crippen LogP contribution in [-0.2, 0) is 10.2 Å². The smallest absolute Gasteiger partial charge is 0.162 e. The Morgan fingerprint density at radius 1 is 1.53 bits per heavy atom. The lowest BCUT2D eigenvalue weighted by Crippen LogP contribution is -2.40. The molecule has 0 amide bonds. The topological polar surface area (TPSA) is 70.3 Å². The number of carbonyl (C=O) groups is 1. The van der Waals surface area contributed by atoms with Crippen LogP contribution < -0.4 is 4.74 Å². The third-order valence-electron chi connectivity index (χ3n) is 3.03. The van der Waals surface area contributed by atoms with E-state index >= 15 is 0 Å². The number of ketones is 1. The second kappa shape index (κ2) is 4.10. The number of hydrogen-bond donors (Lipinski definition) is 1. The van der Waals surface area contributed by atoms with Gasteiger partial charge in [0.05, 0.1) is 18.1 Å². The fourth-order valence-corrected chi connectivity index (χ4v) is 2.13. The summed E-state index contributed by atoms with van der Waals surface area (Å²) >= 11 is 0. The van der Waals surface area contributed by atoms with Crippen molar-refractivity contribution in [2.24, 2.45) is 0 Å². The zero-order valence-corrected chi connectivity index (χ0v) is 9.56. The van der Waals surface area contributed by atoms with Gasteiger partial charge in [-0.05, 0) is 13.0 Å². The predicted octanol–water partition coefficient (Wildman–Crippen LogP) is 1.92. The predicted molar refractivity (Wildman–Crippen MR) is 60.8 cm³/mol. The Bertz CT molecular complexity index is 494. The molecule has 1 aromatic carbocycles. The first-order valence-electron chi connectivity index (χ1n) is 5.51. The van der Waals surface area contributed by atoms with Gasteiger partial charge in [0.25, 0.3) is 0 Å². The molecule has 1 N–H and O–H groups in total. The number of aromatic hydroxyl groups is 1. The fourth-order valence-electron chi connectivity index (χ4n) is 2.13. The summed E-state index contributed by atoms with van der Waals surface area (Å²) in [6, 6.07) is 7.18. The summed E-state index contributed by atoms with van der Waals surface area (Å²) in [6.45, 7) is 2.26. The van der Waals surface area contributed by atoms with Crippen LogP contribution in [0.4, 0.5) is 0 Å². The van der Waals surface area contributed by atoms with E-state index in [0.29, 0.717) is 17.9 Å². The zero-order valence-electron chi connectivity index (χ0n) is 9.56. The zero-order chi connectivity index (χ0) is 12.5. The number of nitriles is 1. The molecule has 0 heterocycles. The summed E-state index contributed by atoms with van der Waals surface area (Å²) in [5.41, 5.74) is -0.376. The lowest BCUT2D eigenvalue weighted by molar-refractivity contribution is -0.126. The summed E-state index contributed by atoms with van der Waals surface area (Å²) in [5, 5.41) is 19.2. The summed E-state index contributed by atoms with van der Waals surface area (Å²) in [6.07, 6.45) is 0.347. The Kier molecular flexibility index (Phi) is 2.76. The van der Waals surface area contributed by atoms with Crippen molar-refractivity contribution in [2.45, 2.75) is 25.2 Å². The molecule has 4 nitrogen and oxygen atoms in total. The Hall–Kier alpha value is -2.02. The first-order valence-corrected chi connectivity index (χ1v) is 5.51. The van der Waals surface area contributed by atoms with E-state index in [4.69, 9.17) is 4.74 Å². The molecule has 1 aromatic rings. The number of carbonyl (C=O) groups excluding carboxylic acids is 1. The number of phenols is 1. The lowest BCUT2D eigenvalue weighted by Gasteiger charge is -2.34. The molecule has 17 heavy (non-hydrogen) atoms. The second-order valence-corrected chi connectivity index (χ2v) is 4.17. The van der Waals surface area contributed by atoms with Crippen molar-refractivity contribution in [3.05, 3.63) is 23.8 Å². The molecule has 0 bridgehead atoms. The van der Waals surface area contributed by atoms with E-state index in [1.54, 1.807) is 18.2 Å². The molecule has 1 saturated carbocycles. The van der Waals surface area contributed by atoms with Crippen LogP contribution in [0.2, 0.25) is 0 Å². The monoisotopic (exact) mass is 231 g/mol. The van der Waals surface area contributed by atoms with Crippen molar-refractivity contribution in [3.8, 4) is 17.6 Å². The maximum atomic E-state index is 11.1. The van der Waals surface area contributed by atoms with Crippen LogP contribution in [0.25, 0.3) is 0 Å². The van der Waals surface area contributed by atoms with Gasteiger partial charge in [0.15, 0.2) is 11.5 Å². The Balaban J connectivity index is 2.43. The molecule has 0 aromatic heterocycles. The van der Waals surface area contributed by atoms with Crippen molar-refractivity contribution in [1.29, 1.82) is 5.26 Å². The molecule has 0 aliphatic heterocycles. The Morgan fingerprint density at radius 2 is 2.24 bits per heavy atom. The highest BCUT2D eigenvalue weighted by molar-refractivity contribution is 5.90. The van der Waals surface area contributed by atoms with E-state index in [1.165, 1.54) is 0 Å². The van der Waals surface area contributed by atoms with Crippen LogP contribution in [0, 0.1) is 11.3 Å². The number of para-hydroxylation sites is 1. The summed E-state index contributed by atoms with van der Waals surface area (Å²) in [4.78, 5) is 11.1. The van der Waals surface area contributed by atoms with E-state index < -0.39 is 5.41 Å². The van der Waals surface area contributed by atoms with E-state index in [-0.39, 0.29) is 24.4 Å². The lowest BCUT2D eigenvalue weighted by atomic mass is 9.64. The molecule has 1 fully saturated rings. The number of benzene rings is 1. The maximum absolute atomic E-state index is 11.1. The molecular formula is C13H13NO3. The number of Topliss-reactive ketones (excluding diaryl/α,β-unsaturated/α-hetero) is 1. The third kappa shape index (κ3) is 1.74. The summed E-state index contributed by atoms with van der Waals surface area (Å²) in [5.74, 6) is 0.384. The minimum Gasteiger partial charge on any atom is -0.504 e. The second-order valence-electron chi connectivity index (χ2n) is 4.17. The SMILES string of the molecule is CCOc1cccc(C2(C#N)CC(=O)C2)c1O. The van der Waals surface area contributed by atoms with Crippen molar-refractivity contribution in [1.82, 2.24) is 0 Å². The molecule has 4 heteroatoms. The largest absolute Gasteiger partial charge is 0.504 e. The van der Waals surface area contributed by atoms with Crippen molar-refractivity contribution >= 4 is 5.78 Å². The maximum Gasteiger partial charge on any atom is 0.162 e. The average molecular weight is 231 g/mol. The Morgan fingerprint density at radius 3 is 2.76 bits per heavy atom. The van der Waals surface area contributed by atoms with Crippen molar-refractivity contribution in [2.75, 3.05) is 6.61 Å². The van der Waals surface area contributed by atoms with Crippen LogP contribution in [0.3, 0.4) is 0 Å². The summed E-state index contributed by atoms with van der Waals surface area (Å²) < 4.78 is 5.27. The highest BCUT2D eigenvalue weighted by Crippen LogP contribution is 2.46. The van der Waals surface area contributed by atoms with Crippen LogP contribution in [0.5, 0.6) is 11.5 Å². The van der Waals surface area contributed by atoms with E-state index in [9.17, 15) is 15.2 Å². The number of phenolic OH excluding ortho intramolecular Hbond substituents is 1. The van der Waals surface area contributed by atoms with E-state index in [1.807, 2.05) is 6.92 Å². The van der Waals surface area contributed by atoms with Gasteiger partial charge in [-0.25, -0.2) is 0 Å². The van der Waals surface area contributed by atoms with Gasteiger partial charge in [0.1, 0.15) is 5.78 Å². The van der Waals surface area contributed by atoms with Crippen LogP contribution in [0.1, 0.15) is 25.3 Å². The highest BCUT2D eigenvalue weighted by atomic mass is 16.5. The van der Waals surface area contributed by atoms with Crippen molar-refractivity contribution in [3.63, 3.8) is 0 Å². The number of hydrogen-bond acceptors (Lipinski definition) is 4. The fraction of sp³-hybridized carbons (Fsp3) is 0.385. The minimum absolute atomic E-state index is 0.0246. The van der Waals surface area contributed by atoms with Crippen LogP contribution >= 0.6 is 0 Å². The van der Waals surface area contributed by atoms with Crippen LogP contribution in [-0.4, -0.2) is 17.5 Å². The van der Waals surface area contributed by atoms with Gasteiger partial charge in [0, 0.05) is 18.4 Å². The van der Waals surface area contributed by atoms with E-state index in [2.05, 4.69) is 6.07 Å². The molecule has 0 saturated heterocycles. The van der Waals surface area contributed by atoms with Gasteiger partial charge in [0.2, 0.25) is 0 Å². The van der Waals surface area contributed by atoms with Gasteiger partial charge >= 0.3 is 0 Å². The molecule has 88 valence electrons. The minimum atomic E-state index is -0.867. The Labute approximate surface area is 99.4 Å². The van der Waals surface area contributed by atoms with Gasteiger partial charge in [-0.2, -0.15) is 5.26 Å². The third-order valence-corrected chi connectivity index (χ3v) is 3.03. The molecule has 2 rings (SSSR count). The van der Waals surface area contributed by atoms with Gasteiger partial charge in [-0.3, -0.25) is 4.79 Å². The van der Waals surface area contributed by atoms with Gasteiger partial charge < -0.3 is 9.84 Å². The average Bonchev–Trinajstić information content (AvgIpc) is 2.28. The molecule has 0 radical (unpaired) electrons. The summed E-state index contributed by atoms with van der Waals surface area (Å²) in [7, 11) is 0. The molecular weight excluding hydrogens is 218 g/mol. The normalized spacial score (nSPS) is 17.1. The van der Waals surface area contributed by atoms with Gasteiger partial charge in [-0.1, -0.05) is 12.1 Å². The van der Waals surface area contributed by atoms with Crippen LogP contribution in [0.15, 0.2) is 18.2 Å². The molecule has 1 aliphatic rings. The number of nitrogens with zero attached hydrogens (tertiary/aromatic N) is 1. The van der Waals surface area contributed by atoms with Crippen molar-refractivity contribution < 1.29 is 14.6 Å². The van der Waals surface area contributed by atoms with E-state index in [0.717, 1.165) is 0 Å². The first kappa shape index (κ1) is 11.5. The molecule has 0 atom stereocenters. The number of rotatable bonds is 3. The standard InChI is InChI=1S/C13H13NO3/c1-2-17-11-5-3-4-10(12(11)16)13(8-14)6-9(15)7-13/h3-5,16H,2,6-7H2,1H3. The highest BCUT2D eigenvalue weighted by Gasteiger charge is 2.47. The number of ether oxygens (including phenoxy) is 1. The molecule has 0 unspecified atom stereocenters. The van der Waals surface area contributed by atoms with Gasteiger partial charge in [-0.15, -0.1) is 0 Å². The quantitative estimate of drug-likeness (QED) is 0.862.